The number of benzene rings is 2. The first-order valence-corrected chi connectivity index (χ1v) is 12.7. The van der Waals surface area contributed by atoms with E-state index < -0.39 is 22.0 Å². The lowest BCUT2D eigenvalue weighted by Crippen LogP contribution is -2.39. The minimum absolute atomic E-state index is 0.0777. The highest BCUT2D eigenvalue weighted by molar-refractivity contribution is 7.90. The molecule has 0 aliphatic carbocycles. The fourth-order valence-corrected chi connectivity index (χ4v) is 4.06. The summed E-state index contributed by atoms with van der Waals surface area (Å²) in [6.45, 7) is 4.28. The van der Waals surface area contributed by atoms with Gasteiger partial charge in [0.15, 0.2) is 5.69 Å². The average Bonchev–Trinajstić information content (AvgIpc) is 3.28. The molecular weight excluding hydrogens is 468 g/mol. The maximum Gasteiger partial charge on any atom is 0.358 e. The van der Waals surface area contributed by atoms with Crippen LogP contribution >= 0.6 is 0 Å². The third-order valence-electron chi connectivity index (χ3n) is 4.90. The van der Waals surface area contributed by atoms with Gasteiger partial charge in [-0.1, -0.05) is 49.8 Å². The number of nitrogens with one attached hydrogen (secondary N) is 2. The number of urea groups is 1. The number of hydrogen-bond acceptors (Lipinski definition) is 6. The van der Waals surface area contributed by atoms with Crippen LogP contribution in [0, 0.1) is 0 Å². The molecule has 0 aliphatic heterocycles. The van der Waals surface area contributed by atoms with E-state index in [9.17, 15) is 18.0 Å². The SMILES string of the molecule is CCCCNC(=O)NS(=O)(=O)c1ccc(-n2nc(C(=O)OCC)cc2/C=C/c2ccccc2)cc1. The summed E-state index contributed by atoms with van der Waals surface area (Å²) < 4.78 is 33.7. The Kier molecular flexibility index (Phi) is 8.80. The van der Waals surface area contributed by atoms with Gasteiger partial charge in [0, 0.05) is 6.54 Å². The molecule has 0 aliphatic rings. The Morgan fingerprint density at radius 3 is 2.40 bits per heavy atom. The largest absolute Gasteiger partial charge is 0.461 e. The summed E-state index contributed by atoms with van der Waals surface area (Å²) in [5.41, 5.74) is 2.21. The molecule has 0 spiro atoms. The van der Waals surface area contributed by atoms with E-state index in [4.69, 9.17) is 4.74 Å². The highest BCUT2D eigenvalue weighted by Crippen LogP contribution is 2.19. The van der Waals surface area contributed by atoms with Crippen molar-refractivity contribution in [1.29, 1.82) is 0 Å². The number of hydrogen-bond donors (Lipinski definition) is 2. The van der Waals surface area contributed by atoms with Gasteiger partial charge in [-0.3, -0.25) is 0 Å². The number of ether oxygens (including phenoxy) is 1. The average molecular weight is 497 g/mol. The molecule has 0 fully saturated rings. The predicted molar refractivity (Wildman–Crippen MR) is 134 cm³/mol. The first-order chi connectivity index (χ1) is 16.8. The van der Waals surface area contributed by atoms with Crippen LogP contribution in [-0.4, -0.2) is 43.4 Å². The van der Waals surface area contributed by atoms with Crippen LogP contribution in [0.5, 0.6) is 0 Å². The third kappa shape index (κ3) is 7.03. The van der Waals surface area contributed by atoms with Crippen molar-refractivity contribution in [2.75, 3.05) is 13.2 Å². The fourth-order valence-electron chi connectivity index (χ4n) is 3.13. The Bertz CT molecular complexity index is 1280. The maximum absolute atomic E-state index is 12.5. The lowest BCUT2D eigenvalue weighted by molar-refractivity contribution is 0.0519. The smallest absolute Gasteiger partial charge is 0.358 e. The van der Waals surface area contributed by atoms with Crippen molar-refractivity contribution >= 4 is 34.2 Å². The monoisotopic (exact) mass is 496 g/mol. The van der Waals surface area contributed by atoms with Crippen LogP contribution in [0.2, 0.25) is 0 Å². The van der Waals surface area contributed by atoms with Crippen molar-refractivity contribution in [3.05, 3.63) is 77.6 Å². The van der Waals surface area contributed by atoms with Gasteiger partial charge in [-0.05, 0) is 55.3 Å². The Hall–Kier alpha value is -3.92. The molecule has 0 radical (unpaired) electrons. The van der Waals surface area contributed by atoms with Crippen molar-refractivity contribution in [3.63, 3.8) is 0 Å². The van der Waals surface area contributed by atoms with E-state index in [1.165, 1.54) is 16.8 Å². The number of sulfonamides is 1. The summed E-state index contributed by atoms with van der Waals surface area (Å²) in [5.74, 6) is -0.557. The van der Waals surface area contributed by atoms with Crippen LogP contribution in [0.4, 0.5) is 4.79 Å². The van der Waals surface area contributed by atoms with Crippen molar-refractivity contribution in [2.45, 2.75) is 31.6 Å². The molecule has 10 heteroatoms. The molecule has 0 unspecified atom stereocenters. The van der Waals surface area contributed by atoms with Gasteiger partial charge in [-0.25, -0.2) is 27.4 Å². The van der Waals surface area contributed by atoms with E-state index in [-0.39, 0.29) is 17.2 Å². The number of esters is 1. The van der Waals surface area contributed by atoms with E-state index in [1.54, 1.807) is 31.2 Å². The summed E-state index contributed by atoms with van der Waals surface area (Å²) in [7, 11) is -4.05. The quantitative estimate of drug-likeness (QED) is 0.323. The van der Waals surface area contributed by atoms with E-state index >= 15 is 0 Å². The van der Waals surface area contributed by atoms with Gasteiger partial charge in [0.05, 0.1) is 22.9 Å². The second-order valence-corrected chi connectivity index (χ2v) is 9.22. The van der Waals surface area contributed by atoms with Crippen LogP contribution < -0.4 is 10.0 Å². The summed E-state index contributed by atoms with van der Waals surface area (Å²) in [6.07, 6.45) is 5.31. The van der Waals surface area contributed by atoms with Crippen molar-refractivity contribution in [2.24, 2.45) is 0 Å². The molecule has 0 bridgehead atoms. The summed E-state index contributed by atoms with van der Waals surface area (Å²) >= 11 is 0. The molecule has 2 aromatic carbocycles. The Balaban J connectivity index is 1.87. The van der Waals surface area contributed by atoms with Crippen LogP contribution in [0.25, 0.3) is 17.8 Å². The molecule has 3 aromatic rings. The van der Waals surface area contributed by atoms with Gasteiger partial charge < -0.3 is 10.1 Å². The molecule has 1 heterocycles. The van der Waals surface area contributed by atoms with Gasteiger partial charge in [0.25, 0.3) is 10.0 Å². The van der Waals surface area contributed by atoms with E-state index in [1.807, 2.05) is 48.1 Å². The zero-order chi connectivity index (χ0) is 25.3. The highest BCUT2D eigenvalue weighted by atomic mass is 32.2. The number of unbranched alkanes of at least 4 members (excludes halogenated alkanes) is 1. The van der Waals surface area contributed by atoms with Crippen molar-refractivity contribution in [1.82, 2.24) is 19.8 Å². The molecule has 1 aromatic heterocycles. The number of nitrogens with zero attached hydrogens (tertiary/aromatic N) is 2. The van der Waals surface area contributed by atoms with Crippen LogP contribution in [0.3, 0.4) is 0 Å². The molecule has 0 atom stereocenters. The maximum atomic E-state index is 12.5. The zero-order valence-corrected chi connectivity index (χ0v) is 20.4. The molecule has 0 saturated carbocycles. The van der Waals surface area contributed by atoms with Crippen LogP contribution in [-0.2, 0) is 14.8 Å². The number of amides is 2. The molecule has 2 amide bonds. The third-order valence-corrected chi connectivity index (χ3v) is 6.25. The molecule has 184 valence electrons. The van der Waals surface area contributed by atoms with Gasteiger partial charge in [0.2, 0.25) is 0 Å². The Morgan fingerprint density at radius 2 is 1.74 bits per heavy atom. The van der Waals surface area contributed by atoms with Crippen molar-refractivity contribution in [3.8, 4) is 5.69 Å². The standard InChI is InChI=1S/C25H28N4O5S/c1-3-5-17-26-25(31)28-35(32,33)22-15-13-20(14-16-22)29-21(12-11-19-9-7-6-8-10-19)18-23(27-29)24(30)34-4-2/h6-16,18H,3-5,17H2,1-2H3,(H2,26,28,31)/b12-11+. The first kappa shape index (κ1) is 25.7. The summed E-state index contributed by atoms with van der Waals surface area (Å²) in [4.78, 5) is 24.1. The van der Waals surface area contributed by atoms with Crippen LogP contribution in [0.15, 0.2) is 65.6 Å². The normalized spacial score (nSPS) is 11.4. The predicted octanol–water partition coefficient (Wildman–Crippen LogP) is 4.01. The van der Waals surface area contributed by atoms with E-state index in [0.29, 0.717) is 17.9 Å². The molecule has 2 N–H and O–H groups in total. The van der Waals surface area contributed by atoms with Gasteiger partial charge in [0.1, 0.15) is 0 Å². The minimum Gasteiger partial charge on any atom is -0.461 e. The number of carbonyl (C=O) groups excluding carboxylic acids is 2. The Morgan fingerprint density at radius 1 is 1.03 bits per heavy atom. The van der Waals surface area contributed by atoms with Gasteiger partial charge in [-0.2, -0.15) is 5.10 Å². The topological polar surface area (TPSA) is 119 Å². The molecule has 9 nitrogen and oxygen atoms in total. The lowest BCUT2D eigenvalue weighted by Gasteiger charge is -2.10. The first-order valence-electron chi connectivity index (χ1n) is 11.3. The second kappa shape index (κ2) is 12.0. The second-order valence-electron chi connectivity index (χ2n) is 7.54. The molecular formula is C25H28N4O5S. The lowest BCUT2D eigenvalue weighted by atomic mass is 10.2. The number of aromatic nitrogens is 2. The summed E-state index contributed by atoms with van der Waals surface area (Å²) in [5, 5.41) is 6.87. The van der Waals surface area contributed by atoms with Crippen LogP contribution in [0.1, 0.15) is 48.4 Å². The van der Waals surface area contributed by atoms with E-state index in [2.05, 4.69) is 10.4 Å². The molecule has 3 rings (SSSR count). The van der Waals surface area contributed by atoms with Gasteiger partial charge in [-0.15, -0.1) is 0 Å². The molecule has 0 saturated heterocycles. The number of rotatable bonds is 10. The number of carbonyl (C=O) groups is 2. The highest BCUT2D eigenvalue weighted by Gasteiger charge is 2.19. The fraction of sp³-hybridized carbons (Fsp3) is 0.240. The minimum atomic E-state index is -4.05. The van der Waals surface area contributed by atoms with Gasteiger partial charge >= 0.3 is 12.0 Å². The summed E-state index contributed by atoms with van der Waals surface area (Å²) in [6, 6.07) is 16.3. The zero-order valence-electron chi connectivity index (χ0n) is 19.6. The Labute approximate surface area is 204 Å². The van der Waals surface area contributed by atoms with E-state index in [0.717, 1.165) is 18.4 Å². The van der Waals surface area contributed by atoms with Crippen molar-refractivity contribution < 1.29 is 22.7 Å². The molecule has 35 heavy (non-hydrogen) atoms.